The molecule has 0 radical (unpaired) electrons. The highest BCUT2D eigenvalue weighted by molar-refractivity contribution is 6.31. The van der Waals surface area contributed by atoms with Gasteiger partial charge in [-0.1, -0.05) is 68.6 Å². The lowest BCUT2D eigenvalue weighted by Crippen LogP contribution is -2.57. The molecule has 4 aliphatic rings. The number of carbonyl (C=O) groups excluding carboxylic acids is 3. The summed E-state index contributed by atoms with van der Waals surface area (Å²) in [4.78, 5) is 43.9. The van der Waals surface area contributed by atoms with Crippen LogP contribution in [0.3, 0.4) is 0 Å². The van der Waals surface area contributed by atoms with Crippen LogP contribution in [0.5, 0.6) is 5.75 Å². The first-order valence-electron chi connectivity index (χ1n) is 14.8. The number of fused-ring (bicyclic) bond motifs is 1. The first-order valence-corrected chi connectivity index (χ1v) is 15.2. The van der Waals surface area contributed by atoms with Crippen molar-refractivity contribution in [3.63, 3.8) is 0 Å². The molecule has 1 saturated carbocycles. The molecule has 1 spiro atoms. The number of carbonyl (C=O) groups is 3. The van der Waals surface area contributed by atoms with Crippen LogP contribution in [0.4, 0.5) is 5.69 Å². The largest absolute Gasteiger partial charge is 0.497 e. The van der Waals surface area contributed by atoms with Crippen molar-refractivity contribution in [2.45, 2.75) is 70.4 Å². The fourth-order valence-corrected chi connectivity index (χ4v) is 7.53. The molecular weight excluding hydrogens is 554 g/mol. The summed E-state index contributed by atoms with van der Waals surface area (Å²) in [5, 5.41) is 6.78. The molecule has 2 aromatic rings. The standard InChI is InChI=1S/C33H38ClN3O5/c1-18-7-5-10-25(20(18)3)36-31(39)29-33-14-13-26(42-33)27(30(38)35-22-12-11-19(2)24(34)16-22)28(33)32(40)37(29)17-21-8-6-9-23(15-21)41-4/h6,8-9,11-16,18,20,25-29H,5,7,10,17H2,1-4H3,(H,35,38)(H,36,39)/t18-,20+,25-,26+,27-,28+,29+,33+/m1/s1. The number of hydrogen-bond acceptors (Lipinski definition) is 5. The average molecular weight is 592 g/mol. The molecule has 6 rings (SSSR count). The van der Waals surface area contributed by atoms with Gasteiger partial charge in [0.1, 0.15) is 17.4 Å². The fraction of sp³-hybridized carbons (Fsp3) is 0.485. The maximum Gasteiger partial charge on any atom is 0.246 e. The first kappa shape index (κ1) is 28.7. The third kappa shape index (κ3) is 4.78. The normalized spacial score (nSPS) is 33.0. The van der Waals surface area contributed by atoms with E-state index in [2.05, 4.69) is 24.5 Å². The number of benzene rings is 2. The number of rotatable bonds is 7. The van der Waals surface area contributed by atoms with E-state index in [9.17, 15) is 14.4 Å². The molecule has 42 heavy (non-hydrogen) atoms. The number of ether oxygens (including phenoxy) is 2. The van der Waals surface area contributed by atoms with Crippen LogP contribution in [-0.4, -0.2) is 53.5 Å². The van der Waals surface area contributed by atoms with Gasteiger partial charge in [0.15, 0.2) is 0 Å². The minimum absolute atomic E-state index is 0.0124. The lowest BCUT2D eigenvalue weighted by atomic mass is 9.73. The minimum Gasteiger partial charge on any atom is -0.497 e. The zero-order valence-corrected chi connectivity index (χ0v) is 25.2. The molecule has 1 aliphatic carbocycles. The Morgan fingerprint density at radius 2 is 1.95 bits per heavy atom. The van der Waals surface area contributed by atoms with E-state index in [0.717, 1.165) is 30.4 Å². The monoisotopic (exact) mass is 591 g/mol. The topological polar surface area (TPSA) is 97.0 Å². The van der Waals surface area contributed by atoms with Gasteiger partial charge in [0, 0.05) is 23.3 Å². The summed E-state index contributed by atoms with van der Waals surface area (Å²) in [5.74, 6) is -0.991. The Balaban J connectivity index is 1.33. The molecule has 3 aliphatic heterocycles. The van der Waals surface area contributed by atoms with Gasteiger partial charge in [-0.3, -0.25) is 14.4 Å². The van der Waals surface area contributed by atoms with Crippen LogP contribution in [0.25, 0.3) is 0 Å². The summed E-state index contributed by atoms with van der Waals surface area (Å²) < 4.78 is 11.9. The quantitative estimate of drug-likeness (QED) is 0.447. The molecule has 0 unspecified atom stereocenters. The molecule has 3 heterocycles. The second-order valence-electron chi connectivity index (χ2n) is 12.4. The van der Waals surface area contributed by atoms with Gasteiger partial charge in [0.25, 0.3) is 0 Å². The Labute approximate surface area is 251 Å². The van der Waals surface area contributed by atoms with Crippen LogP contribution >= 0.6 is 11.6 Å². The SMILES string of the molecule is COc1cccc(CN2C(=O)[C@@H]3[C@H](C(=O)Nc4ccc(C)c(Cl)c4)[C@@H]4C=C[C@@]3(O4)[C@@H]2C(=O)N[C@@H]2CCC[C@@H](C)[C@@H]2C)c1. The van der Waals surface area contributed by atoms with E-state index in [1.54, 1.807) is 24.1 Å². The number of amides is 3. The van der Waals surface area contributed by atoms with Gasteiger partial charge in [-0.15, -0.1) is 0 Å². The van der Waals surface area contributed by atoms with Crippen molar-refractivity contribution < 1.29 is 23.9 Å². The van der Waals surface area contributed by atoms with Crippen LogP contribution in [0.1, 0.15) is 44.2 Å². The number of methoxy groups -OCH3 is 1. The van der Waals surface area contributed by atoms with Gasteiger partial charge in [0.05, 0.1) is 25.0 Å². The van der Waals surface area contributed by atoms with Crippen molar-refractivity contribution in [3.8, 4) is 5.75 Å². The van der Waals surface area contributed by atoms with Crippen molar-refractivity contribution in [1.29, 1.82) is 0 Å². The lowest BCUT2D eigenvalue weighted by Gasteiger charge is -2.38. The molecule has 8 atom stereocenters. The predicted octanol–water partition coefficient (Wildman–Crippen LogP) is 4.89. The van der Waals surface area contributed by atoms with Gasteiger partial charge in [-0.2, -0.15) is 0 Å². The van der Waals surface area contributed by atoms with Crippen molar-refractivity contribution >= 4 is 35.0 Å². The van der Waals surface area contributed by atoms with Crippen molar-refractivity contribution in [2.75, 3.05) is 12.4 Å². The number of hydrogen-bond donors (Lipinski definition) is 2. The summed E-state index contributed by atoms with van der Waals surface area (Å²) in [6.45, 7) is 6.48. The number of aryl methyl sites for hydroxylation is 1. The number of nitrogens with zero attached hydrogens (tertiary/aromatic N) is 1. The number of halogens is 1. The summed E-state index contributed by atoms with van der Waals surface area (Å²) in [6.07, 6.45) is 6.15. The van der Waals surface area contributed by atoms with Crippen LogP contribution in [0.15, 0.2) is 54.6 Å². The summed E-state index contributed by atoms with van der Waals surface area (Å²) >= 11 is 6.30. The zero-order valence-electron chi connectivity index (χ0n) is 24.4. The first-order chi connectivity index (χ1) is 20.1. The van der Waals surface area contributed by atoms with Gasteiger partial charge in [-0.05, 0) is 60.6 Å². The predicted molar refractivity (Wildman–Crippen MR) is 160 cm³/mol. The number of anilines is 1. The van der Waals surface area contributed by atoms with E-state index in [-0.39, 0.29) is 30.3 Å². The Hall–Kier alpha value is -3.36. The third-order valence-corrected chi connectivity index (χ3v) is 10.3. The maximum atomic E-state index is 14.3. The number of nitrogens with one attached hydrogen (secondary N) is 2. The van der Waals surface area contributed by atoms with Crippen molar-refractivity contribution in [1.82, 2.24) is 10.2 Å². The Morgan fingerprint density at radius 1 is 1.14 bits per heavy atom. The van der Waals surface area contributed by atoms with E-state index in [0.29, 0.717) is 28.3 Å². The zero-order chi connectivity index (χ0) is 29.8. The van der Waals surface area contributed by atoms with Crippen LogP contribution in [-0.2, 0) is 25.7 Å². The molecule has 2 saturated heterocycles. The summed E-state index contributed by atoms with van der Waals surface area (Å²) in [6, 6.07) is 11.9. The highest BCUT2D eigenvalue weighted by atomic mass is 35.5. The average Bonchev–Trinajstić information content (AvgIpc) is 3.61. The van der Waals surface area contributed by atoms with Gasteiger partial charge < -0.3 is 25.0 Å². The van der Waals surface area contributed by atoms with E-state index in [4.69, 9.17) is 21.1 Å². The Morgan fingerprint density at radius 3 is 2.71 bits per heavy atom. The second-order valence-corrected chi connectivity index (χ2v) is 12.8. The van der Waals surface area contributed by atoms with Gasteiger partial charge in [-0.25, -0.2) is 0 Å². The van der Waals surface area contributed by atoms with E-state index in [1.165, 1.54) is 0 Å². The van der Waals surface area contributed by atoms with E-state index in [1.807, 2.05) is 49.4 Å². The molecule has 3 amide bonds. The molecule has 3 fully saturated rings. The Kier molecular flexibility index (Phi) is 7.56. The van der Waals surface area contributed by atoms with Crippen LogP contribution in [0.2, 0.25) is 5.02 Å². The molecule has 2 bridgehead atoms. The molecule has 9 heteroatoms. The lowest BCUT2D eigenvalue weighted by molar-refractivity contribution is -0.142. The van der Waals surface area contributed by atoms with Crippen molar-refractivity contribution in [3.05, 3.63) is 70.8 Å². The highest BCUT2D eigenvalue weighted by Crippen LogP contribution is 2.55. The molecule has 222 valence electrons. The third-order valence-electron chi connectivity index (χ3n) is 9.89. The smallest absolute Gasteiger partial charge is 0.246 e. The second kappa shape index (κ2) is 11.0. The highest BCUT2D eigenvalue weighted by Gasteiger charge is 2.72. The van der Waals surface area contributed by atoms with Crippen LogP contribution in [0, 0.1) is 30.6 Å². The molecule has 8 nitrogen and oxygen atoms in total. The summed E-state index contributed by atoms with van der Waals surface area (Å²) in [5.41, 5.74) is 1.03. The maximum absolute atomic E-state index is 14.3. The van der Waals surface area contributed by atoms with Crippen molar-refractivity contribution in [2.24, 2.45) is 23.7 Å². The van der Waals surface area contributed by atoms with Gasteiger partial charge >= 0.3 is 0 Å². The fourth-order valence-electron chi connectivity index (χ4n) is 7.35. The van der Waals surface area contributed by atoms with Gasteiger partial charge in [0.2, 0.25) is 17.7 Å². The number of likely N-dealkylation sites (tertiary alicyclic amines) is 1. The molecular formula is C33H38ClN3O5. The molecule has 2 aromatic carbocycles. The summed E-state index contributed by atoms with van der Waals surface area (Å²) in [7, 11) is 1.59. The molecule has 2 N–H and O–H groups in total. The Bertz CT molecular complexity index is 1440. The minimum atomic E-state index is -1.23. The van der Waals surface area contributed by atoms with Crippen LogP contribution < -0.4 is 15.4 Å². The van der Waals surface area contributed by atoms with E-state index < -0.39 is 29.6 Å². The molecule has 0 aromatic heterocycles. The van der Waals surface area contributed by atoms with E-state index >= 15 is 0 Å².